The molecule has 2 N–H and O–H groups in total. The Morgan fingerprint density at radius 3 is 2.52 bits per heavy atom. The van der Waals surface area contributed by atoms with Gasteiger partial charge in [-0.2, -0.15) is 18.3 Å². The highest BCUT2D eigenvalue weighted by atomic mass is 19.4. The fourth-order valence-corrected chi connectivity index (χ4v) is 2.53. The predicted octanol–water partition coefficient (Wildman–Crippen LogP) is 4.05. The number of carbonyl (C=O) groups is 2. The lowest BCUT2D eigenvalue weighted by atomic mass is 10.1. The molecule has 6 nitrogen and oxygen atoms in total. The molecule has 27 heavy (non-hydrogen) atoms. The number of anilines is 2. The van der Waals surface area contributed by atoms with Crippen molar-refractivity contribution in [3.63, 3.8) is 0 Å². The van der Waals surface area contributed by atoms with E-state index < -0.39 is 18.0 Å². The number of unbranched alkanes of at least 4 members (excludes halogenated alkanes) is 1. The Morgan fingerprint density at radius 2 is 1.89 bits per heavy atom. The summed E-state index contributed by atoms with van der Waals surface area (Å²) in [7, 11) is 0. The number of aryl methyl sites for hydroxylation is 2. The van der Waals surface area contributed by atoms with Crippen LogP contribution in [-0.2, 0) is 11.3 Å². The zero-order valence-electron chi connectivity index (χ0n) is 15.3. The van der Waals surface area contributed by atoms with Crippen LogP contribution >= 0.6 is 0 Å². The number of amides is 2. The molecule has 0 radical (unpaired) electrons. The topological polar surface area (TPSA) is 76.0 Å². The SMILES string of the molecule is CCCCn1nc(C)c(NC(=O)c2cccc(NC(=O)C(F)(F)F)c2)c1C. The van der Waals surface area contributed by atoms with Gasteiger partial charge in [0.1, 0.15) is 0 Å². The average Bonchev–Trinajstić information content (AvgIpc) is 2.86. The van der Waals surface area contributed by atoms with Gasteiger partial charge in [0.05, 0.1) is 17.1 Å². The number of halogens is 3. The maximum absolute atomic E-state index is 12.5. The van der Waals surface area contributed by atoms with Crippen molar-refractivity contribution in [3.8, 4) is 0 Å². The van der Waals surface area contributed by atoms with Crippen molar-refractivity contribution in [1.29, 1.82) is 0 Å². The molecular formula is C18H21F3N4O2. The minimum Gasteiger partial charge on any atom is -0.319 e. The second-order valence-corrected chi connectivity index (χ2v) is 6.11. The first-order valence-electron chi connectivity index (χ1n) is 8.47. The van der Waals surface area contributed by atoms with E-state index in [2.05, 4.69) is 17.3 Å². The third-order valence-electron chi connectivity index (χ3n) is 3.98. The van der Waals surface area contributed by atoms with Gasteiger partial charge in [-0.05, 0) is 38.5 Å². The molecule has 0 bridgehead atoms. The van der Waals surface area contributed by atoms with E-state index in [0.29, 0.717) is 11.4 Å². The van der Waals surface area contributed by atoms with E-state index in [4.69, 9.17) is 0 Å². The van der Waals surface area contributed by atoms with Crippen LogP contribution in [-0.4, -0.2) is 27.8 Å². The van der Waals surface area contributed by atoms with Gasteiger partial charge >= 0.3 is 12.1 Å². The minimum absolute atomic E-state index is 0.114. The van der Waals surface area contributed by atoms with Gasteiger partial charge in [0.25, 0.3) is 5.91 Å². The van der Waals surface area contributed by atoms with E-state index in [1.54, 1.807) is 12.2 Å². The van der Waals surface area contributed by atoms with Gasteiger partial charge in [-0.1, -0.05) is 19.4 Å². The summed E-state index contributed by atoms with van der Waals surface area (Å²) in [5.41, 5.74) is 2.03. The Morgan fingerprint density at radius 1 is 1.19 bits per heavy atom. The van der Waals surface area contributed by atoms with Crippen molar-refractivity contribution in [3.05, 3.63) is 41.2 Å². The summed E-state index contributed by atoms with van der Waals surface area (Å²) < 4.78 is 38.9. The summed E-state index contributed by atoms with van der Waals surface area (Å²) in [6.07, 6.45) is -3.04. The second kappa shape index (κ2) is 8.24. The number of nitrogens with one attached hydrogen (secondary N) is 2. The smallest absolute Gasteiger partial charge is 0.319 e. The number of hydrogen-bond donors (Lipinski definition) is 2. The van der Waals surface area contributed by atoms with Crippen LogP contribution < -0.4 is 10.6 Å². The Kier molecular flexibility index (Phi) is 6.24. The molecule has 0 saturated heterocycles. The average molecular weight is 382 g/mol. The van der Waals surface area contributed by atoms with Crippen LogP contribution in [0.1, 0.15) is 41.5 Å². The van der Waals surface area contributed by atoms with Crippen LogP contribution in [0.4, 0.5) is 24.5 Å². The zero-order valence-corrected chi connectivity index (χ0v) is 15.3. The lowest BCUT2D eigenvalue weighted by Crippen LogP contribution is -2.30. The highest BCUT2D eigenvalue weighted by Gasteiger charge is 2.38. The molecule has 0 spiro atoms. The highest BCUT2D eigenvalue weighted by molar-refractivity contribution is 6.06. The van der Waals surface area contributed by atoms with Gasteiger partial charge in [0.2, 0.25) is 0 Å². The Balaban J connectivity index is 2.16. The number of carbonyl (C=O) groups excluding carboxylic acids is 2. The van der Waals surface area contributed by atoms with Crippen LogP contribution in [0.25, 0.3) is 0 Å². The fourth-order valence-electron chi connectivity index (χ4n) is 2.53. The molecule has 146 valence electrons. The van der Waals surface area contributed by atoms with Crippen molar-refractivity contribution in [2.24, 2.45) is 0 Å². The lowest BCUT2D eigenvalue weighted by Gasteiger charge is -2.10. The molecule has 0 aliphatic carbocycles. The molecule has 0 fully saturated rings. The maximum Gasteiger partial charge on any atom is 0.471 e. The van der Waals surface area contributed by atoms with Crippen LogP contribution in [0.5, 0.6) is 0 Å². The summed E-state index contributed by atoms with van der Waals surface area (Å²) in [4.78, 5) is 23.5. The minimum atomic E-state index is -5.00. The molecule has 1 heterocycles. The van der Waals surface area contributed by atoms with Crippen LogP contribution in [0.3, 0.4) is 0 Å². The number of aromatic nitrogens is 2. The molecule has 0 aliphatic heterocycles. The van der Waals surface area contributed by atoms with Crippen LogP contribution in [0.2, 0.25) is 0 Å². The molecular weight excluding hydrogens is 361 g/mol. The predicted molar refractivity (Wildman–Crippen MR) is 95.7 cm³/mol. The highest BCUT2D eigenvalue weighted by Crippen LogP contribution is 2.22. The maximum atomic E-state index is 12.5. The summed E-state index contributed by atoms with van der Waals surface area (Å²) in [5.74, 6) is -2.59. The number of nitrogens with zero attached hydrogens (tertiary/aromatic N) is 2. The van der Waals surface area contributed by atoms with E-state index in [-0.39, 0.29) is 11.3 Å². The molecule has 0 aliphatic rings. The first kappa shape index (κ1) is 20.5. The molecule has 2 rings (SSSR count). The Labute approximate surface area is 154 Å². The van der Waals surface area contributed by atoms with Gasteiger partial charge in [-0.15, -0.1) is 0 Å². The molecule has 9 heteroatoms. The van der Waals surface area contributed by atoms with Gasteiger partial charge in [-0.3, -0.25) is 14.3 Å². The number of rotatable bonds is 6. The molecule has 2 aromatic rings. The zero-order chi connectivity index (χ0) is 20.2. The van der Waals surface area contributed by atoms with Crippen molar-refractivity contribution in [1.82, 2.24) is 9.78 Å². The van der Waals surface area contributed by atoms with E-state index in [1.165, 1.54) is 24.3 Å². The molecule has 1 aromatic carbocycles. The van der Waals surface area contributed by atoms with Crippen molar-refractivity contribution >= 4 is 23.2 Å². The first-order chi connectivity index (χ1) is 12.6. The van der Waals surface area contributed by atoms with Crippen molar-refractivity contribution in [2.45, 2.75) is 46.3 Å². The summed E-state index contributed by atoms with van der Waals surface area (Å²) >= 11 is 0. The standard InChI is InChI=1S/C18H21F3N4O2/c1-4-5-9-25-12(3)15(11(2)24-25)23-16(26)13-7-6-8-14(10-13)22-17(27)18(19,20)21/h6-8,10H,4-5,9H2,1-3H3,(H,22,27)(H,23,26). The second-order valence-electron chi connectivity index (χ2n) is 6.11. The first-order valence-corrected chi connectivity index (χ1v) is 8.47. The fraction of sp³-hybridized carbons (Fsp3) is 0.389. The molecule has 1 aromatic heterocycles. The Bertz CT molecular complexity index is 844. The van der Waals surface area contributed by atoms with E-state index in [9.17, 15) is 22.8 Å². The monoisotopic (exact) mass is 382 g/mol. The third kappa shape index (κ3) is 5.08. The Hall–Kier alpha value is -2.84. The quantitative estimate of drug-likeness (QED) is 0.791. The van der Waals surface area contributed by atoms with E-state index >= 15 is 0 Å². The van der Waals surface area contributed by atoms with Crippen molar-refractivity contribution in [2.75, 3.05) is 10.6 Å². The van der Waals surface area contributed by atoms with Crippen LogP contribution in [0.15, 0.2) is 24.3 Å². The number of alkyl halides is 3. The molecule has 2 amide bonds. The lowest BCUT2D eigenvalue weighted by molar-refractivity contribution is -0.167. The molecule has 0 unspecified atom stereocenters. The largest absolute Gasteiger partial charge is 0.471 e. The van der Waals surface area contributed by atoms with Gasteiger partial charge < -0.3 is 10.6 Å². The normalized spacial score (nSPS) is 11.3. The van der Waals surface area contributed by atoms with Gasteiger partial charge in [0.15, 0.2) is 0 Å². The molecule has 0 saturated carbocycles. The van der Waals surface area contributed by atoms with E-state index in [1.807, 2.05) is 11.6 Å². The summed E-state index contributed by atoms with van der Waals surface area (Å²) in [5, 5.41) is 8.87. The summed E-state index contributed by atoms with van der Waals surface area (Å²) in [6.45, 7) is 6.41. The number of benzene rings is 1. The van der Waals surface area contributed by atoms with E-state index in [0.717, 1.165) is 25.1 Å². The van der Waals surface area contributed by atoms with Gasteiger partial charge in [-0.25, -0.2) is 0 Å². The van der Waals surface area contributed by atoms with Crippen LogP contribution in [0, 0.1) is 13.8 Å². The number of hydrogen-bond acceptors (Lipinski definition) is 3. The third-order valence-corrected chi connectivity index (χ3v) is 3.98. The molecule has 0 atom stereocenters. The van der Waals surface area contributed by atoms with Gasteiger partial charge in [0, 0.05) is 17.8 Å². The summed E-state index contributed by atoms with van der Waals surface area (Å²) in [6, 6.07) is 5.31. The van der Waals surface area contributed by atoms with Crippen molar-refractivity contribution < 1.29 is 22.8 Å².